The molecule has 0 atom stereocenters. The van der Waals surface area contributed by atoms with Gasteiger partial charge in [0.2, 0.25) is 0 Å². The Hall–Kier alpha value is -2.34. The second-order valence-corrected chi connectivity index (χ2v) is 6.40. The van der Waals surface area contributed by atoms with E-state index in [0.717, 1.165) is 22.1 Å². The van der Waals surface area contributed by atoms with Crippen molar-refractivity contribution >= 4 is 21.8 Å². The lowest BCUT2D eigenvalue weighted by atomic mass is 10.1. The summed E-state index contributed by atoms with van der Waals surface area (Å²) in [5.41, 5.74) is 2.90. The molecule has 5 nitrogen and oxygen atoms in total. The molecule has 0 radical (unpaired) electrons. The first kappa shape index (κ1) is 16.5. The Labute approximate surface area is 149 Å². The first-order chi connectivity index (χ1) is 11.7. The molecule has 3 rings (SSSR count). The largest absolute Gasteiger partial charge is 0.347 e. The Balaban J connectivity index is 1.71. The Kier molecular flexibility index (Phi) is 5.15. The number of hydrogen-bond donors (Lipinski definition) is 1. The van der Waals surface area contributed by atoms with E-state index in [0.29, 0.717) is 18.8 Å². The van der Waals surface area contributed by atoms with Crippen LogP contribution in [0.2, 0.25) is 0 Å². The Morgan fingerprint density at radius 3 is 2.75 bits per heavy atom. The van der Waals surface area contributed by atoms with E-state index in [9.17, 15) is 4.79 Å². The highest BCUT2D eigenvalue weighted by Gasteiger charge is 2.12. The molecule has 2 heterocycles. The predicted octanol–water partition coefficient (Wildman–Crippen LogP) is 3.45. The summed E-state index contributed by atoms with van der Waals surface area (Å²) in [5.74, 6) is -0.0727. The maximum Gasteiger partial charge on any atom is 0.268 e. The second kappa shape index (κ2) is 7.49. The van der Waals surface area contributed by atoms with Gasteiger partial charge in [0.25, 0.3) is 5.91 Å². The molecule has 3 aromatic rings. The van der Waals surface area contributed by atoms with Crippen molar-refractivity contribution in [2.75, 3.05) is 0 Å². The number of benzene rings is 1. The summed E-state index contributed by atoms with van der Waals surface area (Å²) < 4.78 is 4.71. The number of hydrogen-bond acceptors (Lipinski definition) is 2. The van der Waals surface area contributed by atoms with Crippen LogP contribution in [0.4, 0.5) is 0 Å². The van der Waals surface area contributed by atoms with E-state index < -0.39 is 0 Å². The zero-order chi connectivity index (χ0) is 16.9. The van der Waals surface area contributed by atoms with E-state index in [1.54, 1.807) is 6.20 Å². The van der Waals surface area contributed by atoms with Crippen LogP contribution < -0.4 is 5.32 Å². The van der Waals surface area contributed by atoms with Crippen LogP contribution in [-0.4, -0.2) is 20.3 Å². The Morgan fingerprint density at radius 1 is 1.25 bits per heavy atom. The minimum atomic E-state index is -0.0727. The van der Waals surface area contributed by atoms with Crippen LogP contribution in [0.25, 0.3) is 0 Å². The van der Waals surface area contributed by atoms with Gasteiger partial charge in [0.05, 0.1) is 6.54 Å². The van der Waals surface area contributed by atoms with Gasteiger partial charge in [-0.15, -0.1) is 0 Å². The third-order valence-corrected chi connectivity index (χ3v) is 4.32. The topological polar surface area (TPSA) is 51.9 Å². The molecule has 1 N–H and O–H groups in total. The maximum absolute atomic E-state index is 12.5. The van der Waals surface area contributed by atoms with Gasteiger partial charge in [0.1, 0.15) is 5.69 Å². The van der Waals surface area contributed by atoms with Gasteiger partial charge >= 0.3 is 0 Å². The molecule has 0 aliphatic rings. The van der Waals surface area contributed by atoms with E-state index in [-0.39, 0.29) is 5.91 Å². The van der Waals surface area contributed by atoms with E-state index in [2.05, 4.69) is 32.4 Å². The number of nitrogens with one attached hydrogen (secondary N) is 1. The standard InChI is InChI=1S/C18H19BrN4O/c1-2-22-13-16(19)10-17(22)18(24)20-11-14-6-3-4-7-15(14)12-23-9-5-8-21-23/h3-10,13H,2,11-12H2,1H3,(H,20,24). The minimum Gasteiger partial charge on any atom is -0.347 e. The third kappa shape index (κ3) is 3.76. The summed E-state index contributed by atoms with van der Waals surface area (Å²) in [6, 6.07) is 11.8. The average Bonchev–Trinajstić information content (AvgIpc) is 3.23. The summed E-state index contributed by atoms with van der Waals surface area (Å²) in [4.78, 5) is 12.5. The summed E-state index contributed by atoms with van der Waals surface area (Å²) in [6.07, 6.45) is 5.61. The van der Waals surface area contributed by atoms with Crippen LogP contribution in [0.5, 0.6) is 0 Å². The lowest BCUT2D eigenvalue weighted by Gasteiger charge is -2.12. The molecule has 0 unspecified atom stereocenters. The first-order valence-electron chi connectivity index (χ1n) is 7.85. The number of carbonyl (C=O) groups is 1. The number of halogens is 1. The molecule has 124 valence electrons. The average molecular weight is 387 g/mol. The molecule has 2 aromatic heterocycles. The van der Waals surface area contributed by atoms with E-state index >= 15 is 0 Å². The molecule has 0 bridgehead atoms. The fourth-order valence-corrected chi connectivity index (χ4v) is 3.11. The van der Waals surface area contributed by atoms with Gasteiger partial charge < -0.3 is 9.88 Å². The molecular formula is C18H19BrN4O. The molecule has 0 saturated carbocycles. The molecule has 6 heteroatoms. The van der Waals surface area contributed by atoms with Gasteiger partial charge in [0.15, 0.2) is 0 Å². The fourth-order valence-electron chi connectivity index (χ4n) is 2.65. The highest BCUT2D eigenvalue weighted by atomic mass is 79.9. The Bertz CT molecular complexity index is 823. The van der Waals surface area contributed by atoms with Crippen molar-refractivity contribution < 1.29 is 4.79 Å². The highest BCUT2D eigenvalue weighted by Crippen LogP contribution is 2.16. The quantitative estimate of drug-likeness (QED) is 0.705. The van der Waals surface area contributed by atoms with Crippen molar-refractivity contribution in [3.63, 3.8) is 0 Å². The van der Waals surface area contributed by atoms with Crippen molar-refractivity contribution in [1.29, 1.82) is 0 Å². The zero-order valence-corrected chi connectivity index (χ0v) is 15.0. The second-order valence-electron chi connectivity index (χ2n) is 5.48. The summed E-state index contributed by atoms with van der Waals surface area (Å²) in [5, 5.41) is 7.25. The van der Waals surface area contributed by atoms with Crippen LogP contribution in [0, 0.1) is 0 Å². The summed E-state index contributed by atoms with van der Waals surface area (Å²) in [6.45, 7) is 3.95. The molecule has 0 fully saturated rings. The number of amides is 1. The molecule has 0 aliphatic carbocycles. The number of aryl methyl sites for hydroxylation is 1. The summed E-state index contributed by atoms with van der Waals surface area (Å²) >= 11 is 3.42. The number of nitrogens with zero attached hydrogens (tertiary/aromatic N) is 3. The third-order valence-electron chi connectivity index (χ3n) is 3.89. The first-order valence-corrected chi connectivity index (χ1v) is 8.64. The number of aromatic nitrogens is 3. The molecular weight excluding hydrogens is 368 g/mol. The van der Waals surface area contributed by atoms with Crippen LogP contribution in [-0.2, 0) is 19.6 Å². The zero-order valence-electron chi connectivity index (χ0n) is 13.4. The van der Waals surface area contributed by atoms with Crippen LogP contribution in [0.3, 0.4) is 0 Å². The lowest BCUT2D eigenvalue weighted by molar-refractivity contribution is 0.0941. The fraction of sp³-hybridized carbons (Fsp3) is 0.222. The maximum atomic E-state index is 12.5. The van der Waals surface area contributed by atoms with Crippen LogP contribution >= 0.6 is 15.9 Å². The van der Waals surface area contributed by atoms with Gasteiger partial charge in [-0.2, -0.15) is 5.10 Å². The summed E-state index contributed by atoms with van der Waals surface area (Å²) in [7, 11) is 0. The molecule has 1 aromatic carbocycles. The number of rotatable bonds is 6. The lowest BCUT2D eigenvalue weighted by Crippen LogP contribution is -2.25. The Morgan fingerprint density at radius 2 is 2.04 bits per heavy atom. The smallest absolute Gasteiger partial charge is 0.268 e. The van der Waals surface area contributed by atoms with Crippen LogP contribution in [0.1, 0.15) is 28.5 Å². The SMILES string of the molecule is CCn1cc(Br)cc1C(=O)NCc1ccccc1Cn1cccn1. The van der Waals surface area contributed by atoms with Gasteiger partial charge in [-0.3, -0.25) is 9.48 Å². The molecule has 1 amide bonds. The van der Waals surface area contributed by atoms with Crippen LogP contribution in [0.15, 0.2) is 59.5 Å². The van der Waals surface area contributed by atoms with Crippen molar-refractivity contribution in [2.24, 2.45) is 0 Å². The molecule has 0 aliphatic heterocycles. The van der Waals surface area contributed by atoms with Gasteiger partial charge in [-0.25, -0.2) is 0 Å². The molecule has 24 heavy (non-hydrogen) atoms. The monoisotopic (exact) mass is 386 g/mol. The number of carbonyl (C=O) groups excluding carboxylic acids is 1. The van der Waals surface area contributed by atoms with Gasteiger partial charge in [-0.05, 0) is 46.1 Å². The highest BCUT2D eigenvalue weighted by molar-refractivity contribution is 9.10. The van der Waals surface area contributed by atoms with E-state index in [1.165, 1.54) is 0 Å². The molecule has 0 saturated heterocycles. The molecule has 0 spiro atoms. The van der Waals surface area contributed by atoms with E-state index in [1.807, 2.05) is 58.9 Å². The van der Waals surface area contributed by atoms with Crippen molar-refractivity contribution in [3.05, 3.63) is 76.3 Å². The van der Waals surface area contributed by atoms with Gasteiger partial charge in [-0.1, -0.05) is 24.3 Å². The van der Waals surface area contributed by atoms with E-state index in [4.69, 9.17) is 0 Å². The minimum absolute atomic E-state index is 0.0727. The van der Waals surface area contributed by atoms with Gasteiger partial charge in [0, 0.05) is 36.2 Å². The normalized spacial score (nSPS) is 10.8. The van der Waals surface area contributed by atoms with Crippen molar-refractivity contribution in [1.82, 2.24) is 19.7 Å². The van der Waals surface area contributed by atoms with Crippen molar-refractivity contribution in [2.45, 2.75) is 26.6 Å². The predicted molar refractivity (Wildman–Crippen MR) is 96.7 cm³/mol. The van der Waals surface area contributed by atoms with Crippen molar-refractivity contribution in [3.8, 4) is 0 Å².